The molecule has 1 nitrogen and oxygen atoms in total. The van der Waals surface area contributed by atoms with Crippen molar-refractivity contribution in [1.82, 2.24) is 0 Å². The van der Waals surface area contributed by atoms with Gasteiger partial charge < -0.3 is 4.80 Å². The van der Waals surface area contributed by atoms with Crippen LogP contribution in [0.25, 0.3) is 0 Å². The molecule has 0 aliphatic rings. The van der Waals surface area contributed by atoms with Crippen molar-refractivity contribution in [2.24, 2.45) is 0 Å². The molecule has 0 aromatic heterocycles. The van der Waals surface area contributed by atoms with E-state index in [-0.39, 0.29) is 38.5 Å². The molecular formula is H4CoOSiTi. The molecule has 0 saturated carbocycles. The Morgan fingerprint density at radius 3 is 1.25 bits per heavy atom. The second-order valence-corrected chi connectivity index (χ2v) is 0. The van der Waals surface area contributed by atoms with E-state index < -0.39 is 0 Å². The molecule has 0 atom stereocenters. The summed E-state index contributed by atoms with van der Waals surface area (Å²) >= 11 is 0. The van der Waals surface area contributed by atoms with Crippen LogP contribution in [0.2, 0.25) is 0 Å². The summed E-state index contributed by atoms with van der Waals surface area (Å²) in [4.78, 5) is 7.14. The van der Waals surface area contributed by atoms with Gasteiger partial charge in [-0.3, -0.25) is 0 Å². The van der Waals surface area contributed by atoms with E-state index in [0.717, 1.165) is 0 Å². The normalized spacial score (nSPS) is 2.25. The van der Waals surface area contributed by atoms with Gasteiger partial charge in [-0.1, -0.05) is 0 Å². The summed E-state index contributed by atoms with van der Waals surface area (Å²) in [5.74, 6) is 0. The smallest absolute Gasteiger partial charge is 0.141 e. The fraction of sp³-hybridized carbons (Fsp3) is 0. The van der Waals surface area contributed by atoms with Crippen LogP contribution in [0.15, 0.2) is 0 Å². The van der Waals surface area contributed by atoms with Gasteiger partial charge in [0, 0.05) is 38.5 Å². The van der Waals surface area contributed by atoms with Crippen molar-refractivity contribution >= 4 is 10.5 Å². The third-order valence-electron chi connectivity index (χ3n) is 0. The Bertz CT molecular complexity index is 8.00. The average molecular weight is 155 g/mol. The topological polar surface area (TPSA) is 20.2 Å². The molecule has 0 aromatic carbocycles. The summed E-state index contributed by atoms with van der Waals surface area (Å²) in [5, 5.41) is 0. The van der Waals surface area contributed by atoms with E-state index in [1.54, 1.807) is 0 Å². The van der Waals surface area contributed by atoms with Crippen LogP contribution >= 0.6 is 0 Å². The summed E-state index contributed by atoms with van der Waals surface area (Å²) in [6, 6.07) is 0. The van der Waals surface area contributed by atoms with Gasteiger partial charge in [0.25, 0.3) is 0 Å². The van der Waals surface area contributed by atoms with Crippen molar-refractivity contribution in [2.45, 2.75) is 0 Å². The van der Waals surface area contributed by atoms with Crippen molar-refractivity contribution in [1.29, 1.82) is 0 Å². The molecule has 0 unspecified atom stereocenters. The maximum atomic E-state index is 7.14. The van der Waals surface area contributed by atoms with Crippen LogP contribution in [0, 0.1) is 0 Å². The van der Waals surface area contributed by atoms with Crippen molar-refractivity contribution in [3.8, 4) is 0 Å². The third kappa shape index (κ3) is 10.00. The molecule has 0 aliphatic carbocycles. The molecule has 1 radical (unpaired) electrons. The molecule has 1 N–H and O–H groups in total. The summed E-state index contributed by atoms with van der Waals surface area (Å²) in [7, 11) is 0.306. The Labute approximate surface area is 53.8 Å². The second-order valence-electron chi connectivity index (χ2n) is 0. The molecule has 0 amide bonds. The number of hydrogen-bond donors (Lipinski definition) is 1. The van der Waals surface area contributed by atoms with Gasteiger partial charge in [0.05, 0.1) is 0 Å². The monoisotopic (exact) mass is 155 g/mol. The summed E-state index contributed by atoms with van der Waals surface area (Å²) in [5.41, 5.74) is 0. The summed E-state index contributed by atoms with van der Waals surface area (Å²) in [6.45, 7) is 0. The minimum Gasteiger partial charge on any atom is -0.442 e. The van der Waals surface area contributed by atoms with E-state index in [4.69, 9.17) is 4.80 Å². The van der Waals surface area contributed by atoms with E-state index in [9.17, 15) is 0 Å². The Morgan fingerprint density at radius 1 is 1.25 bits per heavy atom. The van der Waals surface area contributed by atoms with E-state index >= 15 is 0 Å². The first-order valence-electron chi connectivity index (χ1n) is 0.447. The van der Waals surface area contributed by atoms with Crippen LogP contribution in [0.1, 0.15) is 0 Å². The van der Waals surface area contributed by atoms with Gasteiger partial charge in [-0.15, -0.1) is 0 Å². The standard InChI is InChI=1S/Co.H4OSi.Ti/c;1-2;/h;1H,2H3;. The zero-order valence-electron chi connectivity index (χ0n) is 2.28. The SMILES string of the molecule is O[SiH3].[Co].[Ti]. The molecule has 4 heavy (non-hydrogen) atoms. The van der Waals surface area contributed by atoms with Gasteiger partial charge >= 0.3 is 0 Å². The fourth-order valence-electron chi connectivity index (χ4n) is 0. The Balaban J connectivity index is -0.00000000500. The van der Waals surface area contributed by atoms with E-state index in [1.807, 2.05) is 0 Å². The van der Waals surface area contributed by atoms with Crippen LogP contribution in [0.4, 0.5) is 0 Å². The largest absolute Gasteiger partial charge is 0.442 e. The maximum Gasteiger partial charge on any atom is 0.141 e. The van der Waals surface area contributed by atoms with Gasteiger partial charge in [-0.2, -0.15) is 0 Å². The van der Waals surface area contributed by atoms with Crippen molar-refractivity contribution in [3.63, 3.8) is 0 Å². The molecule has 0 rings (SSSR count). The molecule has 0 fully saturated rings. The summed E-state index contributed by atoms with van der Waals surface area (Å²) < 4.78 is 0. The average Bonchev–Trinajstić information content (AvgIpc) is 1.00. The van der Waals surface area contributed by atoms with Crippen LogP contribution in [0.3, 0.4) is 0 Å². The molecule has 27 valence electrons. The Morgan fingerprint density at radius 2 is 1.25 bits per heavy atom. The molecule has 0 aromatic rings. The Hall–Kier alpha value is 1.40. The predicted octanol–water partition coefficient (Wildman–Crippen LogP) is -1.75. The van der Waals surface area contributed by atoms with Crippen LogP contribution in [-0.2, 0) is 38.5 Å². The minimum atomic E-state index is 0. The molecule has 0 spiro atoms. The van der Waals surface area contributed by atoms with Gasteiger partial charge in [0.2, 0.25) is 0 Å². The maximum absolute atomic E-state index is 7.14. The van der Waals surface area contributed by atoms with Crippen LogP contribution < -0.4 is 0 Å². The molecule has 0 bridgehead atoms. The second kappa shape index (κ2) is 26.0. The zero-order chi connectivity index (χ0) is 2.00. The van der Waals surface area contributed by atoms with Crippen molar-refractivity contribution in [2.75, 3.05) is 0 Å². The summed E-state index contributed by atoms with van der Waals surface area (Å²) in [6.07, 6.45) is 0. The van der Waals surface area contributed by atoms with Gasteiger partial charge in [-0.25, -0.2) is 0 Å². The molecule has 4 heteroatoms. The third-order valence-corrected chi connectivity index (χ3v) is 0. The van der Waals surface area contributed by atoms with E-state index in [0.29, 0.717) is 10.5 Å². The van der Waals surface area contributed by atoms with Gasteiger partial charge in [0.1, 0.15) is 10.5 Å². The van der Waals surface area contributed by atoms with Crippen molar-refractivity contribution < 1.29 is 43.3 Å². The number of hydrogen-bond acceptors (Lipinski definition) is 1. The first-order chi connectivity index (χ1) is 1.00. The fourth-order valence-corrected chi connectivity index (χ4v) is 0. The first kappa shape index (κ1) is 18.2. The van der Waals surface area contributed by atoms with Gasteiger partial charge in [0.15, 0.2) is 0 Å². The van der Waals surface area contributed by atoms with Crippen LogP contribution in [0.5, 0.6) is 0 Å². The predicted molar refractivity (Wildman–Crippen MR) is 12.2 cm³/mol. The molecule has 0 aliphatic heterocycles. The quantitative estimate of drug-likeness (QED) is 0.411. The van der Waals surface area contributed by atoms with Gasteiger partial charge in [-0.05, 0) is 0 Å². The zero-order valence-corrected chi connectivity index (χ0v) is 6.88. The Kier molecular flexibility index (Phi) is 118. The van der Waals surface area contributed by atoms with E-state index in [1.165, 1.54) is 0 Å². The minimum absolute atomic E-state index is 0. The van der Waals surface area contributed by atoms with E-state index in [2.05, 4.69) is 0 Å². The van der Waals surface area contributed by atoms with Crippen LogP contribution in [-0.4, -0.2) is 15.3 Å². The van der Waals surface area contributed by atoms with Crippen molar-refractivity contribution in [3.05, 3.63) is 0 Å². The molecular weight excluding hydrogens is 151 g/mol. The number of rotatable bonds is 0. The first-order valence-corrected chi connectivity index (χ1v) is 1.34. The molecule has 0 heterocycles. The molecule has 0 saturated heterocycles.